The lowest BCUT2D eigenvalue weighted by atomic mass is 10.2. The van der Waals surface area contributed by atoms with Gasteiger partial charge in [-0.2, -0.15) is 0 Å². The summed E-state index contributed by atoms with van der Waals surface area (Å²) in [5.41, 5.74) is 5.48. The predicted molar refractivity (Wildman–Crippen MR) is 65.1 cm³/mol. The Labute approximate surface area is 96.9 Å². The molecule has 1 rings (SSSR count). The summed E-state index contributed by atoms with van der Waals surface area (Å²) < 4.78 is 25.3. The van der Waals surface area contributed by atoms with Gasteiger partial charge in [-0.1, -0.05) is 26.1 Å². The summed E-state index contributed by atoms with van der Waals surface area (Å²) in [5, 5.41) is -0.156. The third-order valence-electron chi connectivity index (χ3n) is 2.62. The van der Waals surface area contributed by atoms with Gasteiger partial charge in [-0.3, -0.25) is 0 Å². The summed E-state index contributed by atoms with van der Waals surface area (Å²) in [6.45, 7) is 4.59. The second-order valence-corrected chi connectivity index (χ2v) is 6.68. The minimum Gasteiger partial charge on any atom is -0.393 e. The molecule has 88 valence electrons. The fourth-order valence-electron chi connectivity index (χ4n) is 1.39. The van der Waals surface area contributed by atoms with Crippen molar-refractivity contribution in [1.82, 2.24) is 4.31 Å². The van der Waals surface area contributed by atoms with E-state index in [9.17, 15) is 8.42 Å². The topological polar surface area (TPSA) is 63.4 Å². The van der Waals surface area contributed by atoms with E-state index in [0.29, 0.717) is 18.1 Å². The summed E-state index contributed by atoms with van der Waals surface area (Å²) in [6.07, 6.45) is 1.58. The summed E-state index contributed by atoms with van der Waals surface area (Å²) in [7, 11) is -3.09. The largest absolute Gasteiger partial charge is 0.393 e. The summed E-state index contributed by atoms with van der Waals surface area (Å²) in [6, 6.07) is 0. The van der Waals surface area contributed by atoms with Gasteiger partial charge in [0.2, 0.25) is 10.0 Å². The van der Waals surface area contributed by atoms with Gasteiger partial charge < -0.3 is 5.73 Å². The zero-order chi connectivity index (χ0) is 11.6. The fourth-order valence-corrected chi connectivity index (χ4v) is 3.40. The SMILES string of the molecule is CCN(CC(C)C(N)=S)S(=O)(=O)C1CC1. The van der Waals surface area contributed by atoms with Crippen molar-refractivity contribution >= 4 is 27.2 Å². The maximum absolute atomic E-state index is 11.9. The first-order chi connectivity index (χ1) is 6.89. The van der Waals surface area contributed by atoms with Gasteiger partial charge in [-0.05, 0) is 12.8 Å². The van der Waals surface area contributed by atoms with Crippen molar-refractivity contribution in [1.29, 1.82) is 0 Å². The van der Waals surface area contributed by atoms with Crippen LogP contribution in [0.3, 0.4) is 0 Å². The van der Waals surface area contributed by atoms with Gasteiger partial charge in [0.25, 0.3) is 0 Å². The minimum absolute atomic E-state index is 0.0616. The summed E-state index contributed by atoms with van der Waals surface area (Å²) in [4.78, 5) is 0.374. The molecule has 0 aliphatic heterocycles. The molecule has 2 N–H and O–H groups in total. The van der Waals surface area contributed by atoms with Crippen LogP contribution in [0.4, 0.5) is 0 Å². The number of sulfonamides is 1. The second-order valence-electron chi connectivity index (χ2n) is 4.00. The van der Waals surface area contributed by atoms with E-state index in [-0.39, 0.29) is 11.2 Å². The van der Waals surface area contributed by atoms with Gasteiger partial charge in [0.1, 0.15) is 0 Å². The summed E-state index contributed by atoms with van der Waals surface area (Å²) >= 11 is 4.84. The highest BCUT2D eigenvalue weighted by molar-refractivity contribution is 7.90. The number of thiocarbonyl (C=S) groups is 1. The van der Waals surface area contributed by atoms with Crippen LogP contribution in [0.25, 0.3) is 0 Å². The van der Waals surface area contributed by atoms with E-state index in [0.717, 1.165) is 12.8 Å². The van der Waals surface area contributed by atoms with Crippen LogP contribution >= 0.6 is 12.2 Å². The Morgan fingerprint density at radius 3 is 2.47 bits per heavy atom. The van der Waals surface area contributed by atoms with Crippen LogP contribution in [0, 0.1) is 5.92 Å². The molecule has 0 radical (unpaired) electrons. The Hall–Kier alpha value is -0.200. The first-order valence-corrected chi connectivity index (χ1v) is 7.09. The van der Waals surface area contributed by atoms with E-state index in [1.807, 2.05) is 13.8 Å². The molecule has 0 aromatic carbocycles. The number of hydrogen-bond donors (Lipinski definition) is 1. The third kappa shape index (κ3) is 3.12. The predicted octanol–water partition coefficient (Wildman–Crippen LogP) is 0.723. The lowest BCUT2D eigenvalue weighted by Crippen LogP contribution is -2.39. The smallest absolute Gasteiger partial charge is 0.216 e. The molecule has 0 saturated heterocycles. The van der Waals surface area contributed by atoms with Gasteiger partial charge in [-0.15, -0.1) is 0 Å². The molecule has 0 bridgehead atoms. The molecule has 1 aliphatic carbocycles. The zero-order valence-electron chi connectivity index (χ0n) is 9.14. The van der Waals surface area contributed by atoms with Crippen LogP contribution in [0.5, 0.6) is 0 Å². The molecular formula is C9H18N2O2S2. The van der Waals surface area contributed by atoms with Crippen molar-refractivity contribution < 1.29 is 8.42 Å². The van der Waals surface area contributed by atoms with Crippen molar-refractivity contribution in [2.75, 3.05) is 13.1 Å². The van der Waals surface area contributed by atoms with Gasteiger partial charge >= 0.3 is 0 Å². The molecule has 0 amide bonds. The highest BCUT2D eigenvalue weighted by Gasteiger charge is 2.39. The molecular weight excluding hydrogens is 232 g/mol. The third-order valence-corrected chi connectivity index (χ3v) is 5.46. The van der Waals surface area contributed by atoms with Crippen LogP contribution in [0.1, 0.15) is 26.7 Å². The number of nitrogens with zero attached hydrogens (tertiary/aromatic N) is 1. The quantitative estimate of drug-likeness (QED) is 0.706. The number of hydrogen-bond acceptors (Lipinski definition) is 3. The Bertz CT molecular complexity index is 336. The minimum atomic E-state index is -3.09. The van der Waals surface area contributed by atoms with Crippen LogP contribution < -0.4 is 5.73 Å². The maximum Gasteiger partial charge on any atom is 0.216 e. The molecule has 0 aromatic rings. The lowest BCUT2D eigenvalue weighted by molar-refractivity contribution is 0.404. The average Bonchev–Trinajstić information content (AvgIpc) is 2.95. The molecule has 1 atom stereocenters. The van der Waals surface area contributed by atoms with Crippen LogP contribution in [-0.2, 0) is 10.0 Å². The standard InChI is InChI=1S/C9H18N2O2S2/c1-3-11(6-7(2)9(10)14)15(12,13)8-4-5-8/h7-8H,3-6H2,1-2H3,(H2,10,14). The van der Waals surface area contributed by atoms with Crippen LogP contribution in [0.15, 0.2) is 0 Å². The van der Waals surface area contributed by atoms with E-state index in [1.54, 1.807) is 0 Å². The first-order valence-electron chi connectivity index (χ1n) is 5.17. The molecule has 1 saturated carbocycles. The van der Waals surface area contributed by atoms with E-state index >= 15 is 0 Å². The van der Waals surface area contributed by atoms with E-state index in [1.165, 1.54) is 4.31 Å². The van der Waals surface area contributed by atoms with Gasteiger partial charge in [-0.25, -0.2) is 12.7 Å². The molecule has 6 heteroatoms. The molecule has 1 aliphatic rings. The number of rotatable bonds is 6. The molecule has 4 nitrogen and oxygen atoms in total. The van der Waals surface area contributed by atoms with E-state index in [2.05, 4.69) is 0 Å². The summed E-state index contributed by atoms with van der Waals surface area (Å²) in [5.74, 6) is -0.0616. The fraction of sp³-hybridized carbons (Fsp3) is 0.889. The normalized spacial score (nSPS) is 19.1. The van der Waals surface area contributed by atoms with Gasteiger partial charge in [0.15, 0.2) is 0 Å². The lowest BCUT2D eigenvalue weighted by Gasteiger charge is -2.23. The molecule has 0 spiro atoms. The Kier molecular flexibility index (Phi) is 4.08. The molecule has 1 unspecified atom stereocenters. The van der Waals surface area contributed by atoms with Crippen molar-refractivity contribution in [2.45, 2.75) is 31.9 Å². The van der Waals surface area contributed by atoms with Crippen molar-refractivity contribution in [3.8, 4) is 0 Å². The van der Waals surface area contributed by atoms with Crippen LogP contribution in [0.2, 0.25) is 0 Å². The van der Waals surface area contributed by atoms with Crippen molar-refractivity contribution in [2.24, 2.45) is 11.7 Å². The highest BCUT2D eigenvalue weighted by Crippen LogP contribution is 2.31. The maximum atomic E-state index is 11.9. The molecule has 1 fully saturated rings. The van der Waals surface area contributed by atoms with Crippen LogP contribution in [-0.4, -0.2) is 36.1 Å². The molecule has 0 aromatic heterocycles. The van der Waals surface area contributed by atoms with Crippen molar-refractivity contribution in [3.05, 3.63) is 0 Å². The zero-order valence-corrected chi connectivity index (χ0v) is 10.8. The second kappa shape index (κ2) is 4.76. The van der Waals surface area contributed by atoms with E-state index in [4.69, 9.17) is 18.0 Å². The van der Waals surface area contributed by atoms with E-state index < -0.39 is 10.0 Å². The Morgan fingerprint density at radius 1 is 1.60 bits per heavy atom. The number of nitrogens with two attached hydrogens (primary N) is 1. The average molecular weight is 250 g/mol. The van der Waals surface area contributed by atoms with Gasteiger partial charge in [0, 0.05) is 19.0 Å². The Balaban J connectivity index is 2.67. The van der Waals surface area contributed by atoms with Crippen molar-refractivity contribution in [3.63, 3.8) is 0 Å². The molecule has 15 heavy (non-hydrogen) atoms. The van der Waals surface area contributed by atoms with Gasteiger partial charge in [0.05, 0.1) is 10.2 Å². The highest BCUT2D eigenvalue weighted by atomic mass is 32.2. The molecule has 0 heterocycles. The monoisotopic (exact) mass is 250 g/mol. The Morgan fingerprint density at radius 2 is 2.13 bits per heavy atom. The first kappa shape index (κ1) is 12.9.